The van der Waals surface area contributed by atoms with Gasteiger partial charge in [-0.3, -0.25) is 4.79 Å². The van der Waals surface area contributed by atoms with Gasteiger partial charge in [-0.1, -0.05) is 0 Å². The van der Waals surface area contributed by atoms with E-state index in [4.69, 9.17) is 4.74 Å². The van der Waals surface area contributed by atoms with Crippen molar-refractivity contribution in [1.29, 1.82) is 0 Å². The van der Waals surface area contributed by atoms with Crippen LogP contribution in [0.1, 0.15) is 22.8 Å². The van der Waals surface area contributed by atoms with E-state index in [0.717, 1.165) is 0 Å². The van der Waals surface area contributed by atoms with Gasteiger partial charge in [-0.2, -0.15) is 0 Å². The Balaban J connectivity index is 3.38. The molecule has 0 aliphatic heterocycles. The fourth-order valence-electron chi connectivity index (χ4n) is 1.20. The Kier molecular flexibility index (Phi) is 2.66. The van der Waals surface area contributed by atoms with Crippen molar-refractivity contribution in [1.82, 2.24) is 0 Å². The maximum Gasteiger partial charge on any atom is 0.166 e. The zero-order valence-electron chi connectivity index (χ0n) is 7.85. The van der Waals surface area contributed by atoms with Crippen LogP contribution in [0.15, 0.2) is 12.1 Å². The molecule has 1 rings (SSSR count). The summed E-state index contributed by atoms with van der Waals surface area (Å²) < 4.78 is 18.0. The number of carbonyl (C=O) groups is 1. The molecular weight excluding hydrogens is 171 g/mol. The topological polar surface area (TPSA) is 26.3 Å². The summed E-state index contributed by atoms with van der Waals surface area (Å²) >= 11 is 0. The third-order valence-electron chi connectivity index (χ3n) is 1.77. The van der Waals surface area contributed by atoms with Crippen LogP contribution >= 0.6 is 0 Å². The van der Waals surface area contributed by atoms with E-state index in [0.29, 0.717) is 11.1 Å². The predicted molar refractivity (Wildman–Crippen MR) is 47.7 cm³/mol. The van der Waals surface area contributed by atoms with E-state index in [1.165, 1.54) is 20.1 Å². The van der Waals surface area contributed by atoms with Crippen LogP contribution in [-0.4, -0.2) is 12.9 Å². The Labute approximate surface area is 76.3 Å². The van der Waals surface area contributed by atoms with Gasteiger partial charge in [0, 0.05) is 0 Å². The van der Waals surface area contributed by atoms with Gasteiger partial charge in [-0.15, -0.1) is 0 Å². The van der Waals surface area contributed by atoms with E-state index >= 15 is 0 Å². The number of ketones is 1. The number of benzene rings is 1. The lowest BCUT2D eigenvalue weighted by Crippen LogP contribution is -2.00. The standard InChI is InChI=1S/C10H11FO2/c1-6-4-8(7(2)12)10(13-3)9(11)5-6/h4-5H,1-3H3. The largest absolute Gasteiger partial charge is 0.493 e. The summed E-state index contributed by atoms with van der Waals surface area (Å²) in [6, 6.07) is 2.95. The first-order chi connectivity index (χ1) is 6.06. The first-order valence-electron chi connectivity index (χ1n) is 3.91. The van der Waals surface area contributed by atoms with Gasteiger partial charge in [0.1, 0.15) is 0 Å². The molecule has 0 spiro atoms. The maximum atomic E-state index is 13.2. The van der Waals surface area contributed by atoms with Crippen molar-refractivity contribution in [2.45, 2.75) is 13.8 Å². The van der Waals surface area contributed by atoms with Crippen molar-refractivity contribution >= 4 is 5.78 Å². The van der Waals surface area contributed by atoms with Gasteiger partial charge in [0.25, 0.3) is 0 Å². The molecule has 0 radical (unpaired) electrons. The number of halogens is 1. The minimum Gasteiger partial charge on any atom is -0.493 e. The van der Waals surface area contributed by atoms with E-state index in [1.807, 2.05) is 0 Å². The SMILES string of the molecule is COc1c(F)cc(C)cc1C(C)=O. The highest BCUT2D eigenvalue weighted by atomic mass is 19.1. The minimum atomic E-state index is -0.493. The molecule has 0 unspecified atom stereocenters. The highest BCUT2D eigenvalue weighted by Crippen LogP contribution is 2.24. The summed E-state index contributed by atoms with van der Waals surface area (Å²) in [5, 5.41) is 0. The number of aryl methyl sites for hydroxylation is 1. The zero-order chi connectivity index (χ0) is 10.0. The lowest BCUT2D eigenvalue weighted by Gasteiger charge is -2.07. The van der Waals surface area contributed by atoms with Crippen molar-refractivity contribution in [3.05, 3.63) is 29.1 Å². The summed E-state index contributed by atoms with van der Waals surface area (Å²) in [5.41, 5.74) is 1.00. The Morgan fingerprint density at radius 3 is 2.54 bits per heavy atom. The summed E-state index contributed by atoms with van der Waals surface area (Å²) in [6.45, 7) is 3.12. The number of hydrogen-bond donors (Lipinski definition) is 0. The van der Waals surface area contributed by atoms with Crippen molar-refractivity contribution in [2.24, 2.45) is 0 Å². The van der Waals surface area contributed by atoms with Crippen molar-refractivity contribution in [2.75, 3.05) is 7.11 Å². The van der Waals surface area contributed by atoms with Crippen LogP contribution in [0.5, 0.6) is 5.75 Å². The number of hydrogen-bond acceptors (Lipinski definition) is 2. The second kappa shape index (κ2) is 3.56. The molecule has 0 aliphatic carbocycles. The highest BCUT2D eigenvalue weighted by molar-refractivity contribution is 5.97. The molecule has 0 fully saturated rings. The molecule has 0 N–H and O–H groups in total. The Morgan fingerprint density at radius 1 is 1.46 bits per heavy atom. The van der Waals surface area contributed by atoms with Crippen molar-refractivity contribution in [3.8, 4) is 5.75 Å². The summed E-state index contributed by atoms with van der Waals surface area (Å²) in [6.07, 6.45) is 0. The van der Waals surface area contributed by atoms with E-state index in [1.54, 1.807) is 13.0 Å². The fraction of sp³-hybridized carbons (Fsp3) is 0.300. The molecule has 1 aromatic rings. The Hall–Kier alpha value is -1.38. The molecule has 3 heteroatoms. The molecule has 0 heterocycles. The van der Waals surface area contributed by atoms with E-state index in [-0.39, 0.29) is 11.5 Å². The van der Waals surface area contributed by atoms with Crippen LogP contribution in [0.25, 0.3) is 0 Å². The molecule has 0 bridgehead atoms. The molecule has 0 aliphatic rings. The minimum absolute atomic E-state index is 0.0260. The van der Waals surface area contributed by atoms with Crippen LogP contribution in [0.3, 0.4) is 0 Å². The van der Waals surface area contributed by atoms with Crippen LogP contribution in [-0.2, 0) is 0 Å². The molecule has 2 nitrogen and oxygen atoms in total. The molecule has 0 aromatic heterocycles. The van der Waals surface area contributed by atoms with Crippen LogP contribution in [0, 0.1) is 12.7 Å². The molecule has 13 heavy (non-hydrogen) atoms. The third kappa shape index (κ3) is 1.86. The average Bonchev–Trinajstić information content (AvgIpc) is 2.02. The Bertz CT molecular complexity index is 345. The van der Waals surface area contributed by atoms with Crippen LogP contribution < -0.4 is 4.74 Å². The number of carbonyl (C=O) groups excluding carboxylic acids is 1. The van der Waals surface area contributed by atoms with Gasteiger partial charge in [-0.05, 0) is 31.5 Å². The normalized spacial score (nSPS) is 9.85. The van der Waals surface area contributed by atoms with Crippen LogP contribution in [0.2, 0.25) is 0 Å². The number of methoxy groups -OCH3 is 1. The summed E-state index contributed by atoms with van der Waals surface area (Å²) in [7, 11) is 1.35. The van der Waals surface area contributed by atoms with Crippen LogP contribution in [0.4, 0.5) is 4.39 Å². The lowest BCUT2D eigenvalue weighted by atomic mass is 10.1. The highest BCUT2D eigenvalue weighted by Gasteiger charge is 2.13. The molecule has 0 saturated carbocycles. The van der Waals surface area contributed by atoms with Gasteiger partial charge in [0.15, 0.2) is 17.3 Å². The average molecular weight is 182 g/mol. The lowest BCUT2D eigenvalue weighted by molar-refractivity contribution is 0.101. The number of ether oxygens (including phenoxy) is 1. The molecule has 70 valence electrons. The fourth-order valence-corrected chi connectivity index (χ4v) is 1.20. The smallest absolute Gasteiger partial charge is 0.166 e. The van der Waals surface area contributed by atoms with Gasteiger partial charge in [0.05, 0.1) is 12.7 Å². The number of Topliss-reactive ketones (excluding diaryl/α,β-unsaturated/α-hetero) is 1. The summed E-state index contributed by atoms with van der Waals surface area (Å²) in [5.74, 6) is -0.662. The van der Waals surface area contributed by atoms with Gasteiger partial charge in [-0.25, -0.2) is 4.39 Å². The second-order valence-corrected chi connectivity index (χ2v) is 2.88. The van der Waals surface area contributed by atoms with E-state index in [9.17, 15) is 9.18 Å². The van der Waals surface area contributed by atoms with E-state index < -0.39 is 5.82 Å². The van der Waals surface area contributed by atoms with Gasteiger partial charge >= 0.3 is 0 Å². The molecule has 0 atom stereocenters. The first kappa shape index (κ1) is 9.71. The quantitative estimate of drug-likeness (QED) is 0.656. The van der Waals surface area contributed by atoms with Gasteiger partial charge < -0.3 is 4.74 Å². The monoisotopic (exact) mass is 182 g/mol. The van der Waals surface area contributed by atoms with Crippen molar-refractivity contribution < 1.29 is 13.9 Å². The van der Waals surface area contributed by atoms with Gasteiger partial charge in [0.2, 0.25) is 0 Å². The second-order valence-electron chi connectivity index (χ2n) is 2.88. The third-order valence-corrected chi connectivity index (χ3v) is 1.77. The van der Waals surface area contributed by atoms with E-state index in [2.05, 4.69) is 0 Å². The molecule has 0 amide bonds. The molecular formula is C10H11FO2. The Morgan fingerprint density at radius 2 is 2.08 bits per heavy atom. The number of rotatable bonds is 2. The molecule has 0 saturated heterocycles. The predicted octanol–water partition coefficient (Wildman–Crippen LogP) is 2.35. The first-order valence-corrected chi connectivity index (χ1v) is 3.91. The maximum absolute atomic E-state index is 13.2. The van der Waals surface area contributed by atoms with Crippen molar-refractivity contribution in [3.63, 3.8) is 0 Å². The summed E-state index contributed by atoms with van der Waals surface area (Å²) in [4.78, 5) is 11.1. The molecule has 1 aromatic carbocycles. The zero-order valence-corrected chi connectivity index (χ0v) is 7.85.